The Morgan fingerprint density at radius 1 is 0.950 bits per heavy atom. The van der Waals surface area contributed by atoms with Crippen molar-refractivity contribution < 1.29 is 14.4 Å². The van der Waals surface area contributed by atoms with Crippen LogP contribution in [-0.2, 0) is 4.79 Å². The molecule has 0 aliphatic rings. The summed E-state index contributed by atoms with van der Waals surface area (Å²) >= 11 is 0. The first-order valence-corrected chi connectivity index (χ1v) is 13.3. The number of primary amides is 1. The number of unbranched alkanes of at least 4 members (excludes halogenated alkanes) is 1. The molecule has 0 bridgehead atoms. The maximum absolute atomic E-state index is 13.4. The highest BCUT2D eigenvalue weighted by atomic mass is 16.2. The van der Waals surface area contributed by atoms with E-state index in [1.54, 1.807) is 36.4 Å². The summed E-state index contributed by atoms with van der Waals surface area (Å²) in [5.74, 6) is -0.604. The number of para-hydroxylation sites is 1. The molecule has 0 aliphatic heterocycles. The SMILES string of the molecule is C=C/C(=C\C=C/C)c1ccccc1C(=O)Nc1ccc(C(=O)N(CCCC)c2ccccc2C)cc1.CC(N)=O. The molecule has 0 radical (unpaired) electrons. The highest BCUT2D eigenvalue weighted by Crippen LogP contribution is 2.24. The molecule has 3 aromatic carbocycles. The van der Waals surface area contributed by atoms with Gasteiger partial charge in [0.2, 0.25) is 5.91 Å². The van der Waals surface area contributed by atoms with Gasteiger partial charge in [0.25, 0.3) is 11.8 Å². The van der Waals surface area contributed by atoms with Crippen molar-refractivity contribution in [1.29, 1.82) is 0 Å². The Labute approximate surface area is 237 Å². The van der Waals surface area contributed by atoms with Crippen molar-refractivity contribution in [1.82, 2.24) is 0 Å². The van der Waals surface area contributed by atoms with Gasteiger partial charge in [0.15, 0.2) is 0 Å². The molecule has 3 rings (SSSR count). The summed E-state index contributed by atoms with van der Waals surface area (Å²) in [6.07, 6.45) is 9.44. The van der Waals surface area contributed by atoms with Crippen LogP contribution in [0.25, 0.3) is 5.57 Å². The molecule has 0 saturated carbocycles. The van der Waals surface area contributed by atoms with Gasteiger partial charge in [-0.3, -0.25) is 14.4 Å². The maximum atomic E-state index is 13.4. The molecular weight excluding hydrogens is 498 g/mol. The van der Waals surface area contributed by atoms with E-state index in [9.17, 15) is 14.4 Å². The number of carbonyl (C=O) groups is 3. The number of hydrogen-bond acceptors (Lipinski definition) is 3. The van der Waals surface area contributed by atoms with E-state index in [-0.39, 0.29) is 17.7 Å². The minimum absolute atomic E-state index is 0.0503. The number of allylic oxidation sites excluding steroid dienone is 5. The van der Waals surface area contributed by atoms with Crippen LogP contribution in [0.5, 0.6) is 0 Å². The number of amides is 3. The molecule has 0 atom stereocenters. The van der Waals surface area contributed by atoms with Crippen molar-refractivity contribution in [3.05, 3.63) is 126 Å². The first-order chi connectivity index (χ1) is 19.2. The van der Waals surface area contributed by atoms with Crippen molar-refractivity contribution in [3.8, 4) is 0 Å². The van der Waals surface area contributed by atoms with Crippen molar-refractivity contribution in [2.24, 2.45) is 5.73 Å². The molecular formula is C34H39N3O3. The predicted octanol–water partition coefficient (Wildman–Crippen LogP) is 7.33. The molecule has 0 fully saturated rings. The van der Waals surface area contributed by atoms with E-state index in [0.29, 0.717) is 23.4 Å². The monoisotopic (exact) mass is 537 g/mol. The molecule has 3 amide bonds. The van der Waals surface area contributed by atoms with Gasteiger partial charge in [-0.25, -0.2) is 0 Å². The Morgan fingerprint density at radius 3 is 2.12 bits per heavy atom. The summed E-state index contributed by atoms with van der Waals surface area (Å²) in [4.78, 5) is 37.6. The summed E-state index contributed by atoms with van der Waals surface area (Å²) in [6.45, 7) is 11.9. The Morgan fingerprint density at radius 2 is 1.55 bits per heavy atom. The second kappa shape index (κ2) is 16.3. The molecule has 0 spiro atoms. The zero-order valence-electron chi connectivity index (χ0n) is 23.8. The number of nitrogens with one attached hydrogen (secondary N) is 1. The lowest BCUT2D eigenvalue weighted by Gasteiger charge is -2.24. The number of aryl methyl sites for hydroxylation is 1. The lowest BCUT2D eigenvalue weighted by molar-refractivity contribution is -0.115. The summed E-state index contributed by atoms with van der Waals surface area (Å²) in [6, 6.07) is 22.5. The molecule has 0 unspecified atom stereocenters. The quantitative estimate of drug-likeness (QED) is 0.265. The highest BCUT2D eigenvalue weighted by Gasteiger charge is 2.19. The highest BCUT2D eigenvalue weighted by molar-refractivity contribution is 6.09. The van der Waals surface area contributed by atoms with Gasteiger partial charge in [-0.1, -0.05) is 80.6 Å². The Kier molecular flexibility index (Phi) is 12.8. The van der Waals surface area contributed by atoms with Gasteiger partial charge in [0.05, 0.1) is 0 Å². The second-order valence-electron chi connectivity index (χ2n) is 9.14. The van der Waals surface area contributed by atoms with E-state index in [1.165, 1.54) is 6.92 Å². The number of carbonyl (C=O) groups excluding carboxylic acids is 3. The molecule has 0 saturated heterocycles. The standard InChI is InChI=1S/C32H34N2O2.C2H5NO/c1-5-8-15-25(7-3)28-16-11-12-17-29(28)31(35)33-27-21-19-26(20-22-27)32(36)34(23-9-6-2)30-18-13-10-14-24(30)4;1-2(3)4/h5,7-8,10-22H,3,6,9,23H2,1-2,4H3,(H,33,35);1H3,(H2,3,4)/b8-5-,25-15+;. The largest absolute Gasteiger partial charge is 0.370 e. The van der Waals surface area contributed by atoms with E-state index in [2.05, 4.69) is 24.6 Å². The van der Waals surface area contributed by atoms with Gasteiger partial charge in [-0.2, -0.15) is 0 Å². The third-order valence-corrected chi connectivity index (χ3v) is 5.95. The van der Waals surface area contributed by atoms with Crippen LogP contribution in [0.4, 0.5) is 11.4 Å². The third kappa shape index (κ3) is 9.24. The summed E-state index contributed by atoms with van der Waals surface area (Å²) < 4.78 is 0. The lowest BCUT2D eigenvalue weighted by atomic mass is 9.98. The normalized spacial score (nSPS) is 10.8. The van der Waals surface area contributed by atoms with Crippen LogP contribution < -0.4 is 16.0 Å². The third-order valence-electron chi connectivity index (χ3n) is 5.95. The van der Waals surface area contributed by atoms with Gasteiger partial charge in [0.1, 0.15) is 0 Å². The van der Waals surface area contributed by atoms with Gasteiger partial charge < -0.3 is 16.0 Å². The van der Waals surface area contributed by atoms with Gasteiger partial charge >= 0.3 is 0 Å². The second-order valence-corrected chi connectivity index (χ2v) is 9.14. The molecule has 0 aliphatic carbocycles. The smallest absolute Gasteiger partial charge is 0.258 e. The van der Waals surface area contributed by atoms with Gasteiger partial charge in [-0.15, -0.1) is 0 Å². The average molecular weight is 538 g/mol. The van der Waals surface area contributed by atoms with E-state index in [4.69, 9.17) is 0 Å². The first kappa shape index (κ1) is 31.5. The number of nitrogens with zero attached hydrogens (tertiary/aromatic N) is 1. The molecule has 0 aromatic heterocycles. The Balaban J connectivity index is 0.00000131. The van der Waals surface area contributed by atoms with Crippen LogP contribution in [0, 0.1) is 6.92 Å². The van der Waals surface area contributed by atoms with Gasteiger partial charge in [0, 0.05) is 36.0 Å². The Hall–Kier alpha value is -4.71. The number of anilines is 2. The number of rotatable bonds is 10. The van der Waals surface area contributed by atoms with Crippen molar-refractivity contribution in [2.75, 3.05) is 16.8 Å². The molecule has 6 nitrogen and oxygen atoms in total. The van der Waals surface area contributed by atoms with E-state index in [0.717, 1.165) is 35.2 Å². The average Bonchev–Trinajstić information content (AvgIpc) is 2.94. The predicted molar refractivity (Wildman–Crippen MR) is 166 cm³/mol. The fraction of sp³-hybridized carbons (Fsp3) is 0.206. The first-order valence-electron chi connectivity index (χ1n) is 13.3. The van der Waals surface area contributed by atoms with Crippen LogP contribution in [0.2, 0.25) is 0 Å². The lowest BCUT2D eigenvalue weighted by Crippen LogP contribution is -2.32. The number of benzene rings is 3. The van der Waals surface area contributed by atoms with Crippen molar-refractivity contribution in [3.63, 3.8) is 0 Å². The summed E-state index contributed by atoms with van der Waals surface area (Å²) in [5, 5.41) is 2.96. The maximum Gasteiger partial charge on any atom is 0.258 e. The molecule has 3 N–H and O–H groups in total. The minimum Gasteiger partial charge on any atom is -0.370 e. The molecule has 3 aromatic rings. The fourth-order valence-corrected chi connectivity index (χ4v) is 3.96. The van der Waals surface area contributed by atoms with E-state index >= 15 is 0 Å². The number of hydrogen-bond donors (Lipinski definition) is 2. The molecule has 0 heterocycles. The van der Waals surface area contributed by atoms with Crippen molar-refractivity contribution >= 4 is 34.7 Å². The van der Waals surface area contributed by atoms with Crippen molar-refractivity contribution in [2.45, 2.75) is 40.5 Å². The molecule has 6 heteroatoms. The van der Waals surface area contributed by atoms with E-state index < -0.39 is 0 Å². The van der Waals surface area contributed by atoms with Crippen LogP contribution in [0.15, 0.2) is 104 Å². The zero-order chi connectivity index (χ0) is 29.5. The fourth-order valence-electron chi connectivity index (χ4n) is 3.96. The Bertz CT molecular complexity index is 1370. The zero-order valence-corrected chi connectivity index (χ0v) is 23.8. The topological polar surface area (TPSA) is 92.5 Å². The number of nitrogens with two attached hydrogens (primary N) is 1. The summed E-state index contributed by atoms with van der Waals surface area (Å²) in [7, 11) is 0. The molecule has 40 heavy (non-hydrogen) atoms. The van der Waals surface area contributed by atoms with Crippen LogP contribution in [0.3, 0.4) is 0 Å². The van der Waals surface area contributed by atoms with Crippen LogP contribution >= 0.6 is 0 Å². The van der Waals surface area contributed by atoms with E-state index in [1.807, 2.05) is 79.4 Å². The summed E-state index contributed by atoms with van der Waals surface area (Å²) in [5.41, 5.74) is 9.89. The molecule has 208 valence electrons. The minimum atomic E-state index is -0.333. The van der Waals surface area contributed by atoms with Crippen LogP contribution in [0.1, 0.15) is 65.5 Å². The van der Waals surface area contributed by atoms with Crippen LogP contribution in [-0.4, -0.2) is 24.3 Å². The van der Waals surface area contributed by atoms with Gasteiger partial charge in [-0.05, 0) is 73.4 Å².